The van der Waals surface area contributed by atoms with E-state index >= 15 is 0 Å². The lowest BCUT2D eigenvalue weighted by Crippen LogP contribution is -2.07. The maximum atomic E-state index is 12.6. The van der Waals surface area contributed by atoms with Gasteiger partial charge in [0.15, 0.2) is 22.4 Å². The highest BCUT2D eigenvalue weighted by Crippen LogP contribution is 2.48. The summed E-state index contributed by atoms with van der Waals surface area (Å²) in [5.74, 6) is 0.331. The van der Waals surface area contributed by atoms with Crippen molar-refractivity contribution in [1.82, 2.24) is 10.2 Å². The van der Waals surface area contributed by atoms with Crippen molar-refractivity contribution >= 4 is 11.6 Å². The topological polar surface area (TPSA) is 44.2 Å². The van der Waals surface area contributed by atoms with E-state index in [9.17, 15) is 13.2 Å². The van der Waals surface area contributed by atoms with E-state index in [0.717, 1.165) is 12.1 Å². The van der Waals surface area contributed by atoms with Gasteiger partial charge in [-0.3, -0.25) is 0 Å². The van der Waals surface area contributed by atoms with Gasteiger partial charge in [0, 0.05) is 0 Å². The smallest absolute Gasteiger partial charge is 0.416 e. The van der Waals surface area contributed by atoms with Crippen LogP contribution in [0.3, 0.4) is 0 Å². The van der Waals surface area contributed by atoms with Crippen molar-refractivity contribution in [3.63, 3.8) is 0 Å². The summed E-state index contributed by atoms with van der Waals surface area (Å²) in [6.45, 7) is 0. The molecule has 0 unspecified atom stereocenters. The van der Waals surface area contributed by atoms with Crippen LogP contribution in [0.5, 0.6) is 23.0 Å². The number of aromatic nitrogens is 2. The number of fused-ring (bicyclic) bond motifs is 2. The van der Waals surface area contributed by atoms with Crippen molar-refractivity contribution in [2.75, 3.05) is 0 Å². The number of benzene rings is 1. The van der Waals surface area contributed by atoms with Gasteiger partial charge in [-0.15, -0.1) is 5.10 Å². The van der Waals surface area contributed by atoms with E-state index < -0.39 is 11.7 Å². The van der Waals surface area contributed by atoms with Gasteiger partial charge in [0.1, 0.15) is 0 Å². The highest BCUT2D eigenvalue weighted by molar-refractivity contribution is 6.31. The van der Waals surface area contributed by atoms with Crippen LogP contribution < -0.4 is 9.47 Å². The standard InChI is InChI=1S/C11H4ClF3N2O2/c12-10-9-8(4-16-17-10)18-6-2-1-5(11(13,14)15)3-7(6)19-9/h1-4H. The molecule has 0 bridgehead atoms. The van der Waals surface area contributed by atoms with Gasteiger partial charge in [0.2, 0.25) is 5.75 Å². The molecule has 2 aromatic rings. The van der Waals surface area contributed by atoms with Gasteiger partial charge in [-0.1, -0.05) is 11.6 Å². The lowest BCUT2D eigenvalue weighted by atomic mass is 10.2. The Labute approximate surface area is 109 Å². The van der Waals surface area contributed by atoms with E-state index in [-0.39, 0.29) is 28.2 Å². The quantitative estimate of drug-likeness (QED) is 0.626. The summed E-state index contributed by atoms with van der Waals surface area (Å²) in [5, 5.41) is 7.00. The minimum absolute atomic E-state index is 0.0449. The van der Waals surface area contributed by atoms with Crippen molar-refractivity contribution in [3.8, 4) is 23.0 Å². The first-order valence-electron chi connectivity index (χ1n) is 5.03. The molecule has 19 heavy (non-hydrogen) atoms. The average Bonchev–Trinajstić information content (AvgIpc) is 2.35. The molecular weight excluding hydrogens is 285 g/mol. The molecule has 1 aliphatic heterocycles. The summed E-state index contributed by atoms with van der Waals surface area (Å²) < 4.78 is 48.4. The van der Waals surface area contributed by atoms with Crippen molar-refractivity contribution in [1.29, 1.82) is 0 Å². The highest BCUT2D eigenvalue weighted by Gasteiger charge is 2.33. The van der Waals surface area contributed by atoms with E-state index in [4.69, 9.17) is 21.1 Å². The maximum Gasteiger partial charge on any atom is 0.416 e. The molecule has 1 aromatic heterocycles. The average molecular weight is 289 g/mol. The molecule has 2 heterocycles. The third kappa shape index (κ3) is 2.06. The molecule has 98 valence electrons. The van der Waals surface area contributed by atoms with Gasteiger partial charge < -0.3 is 9.47 Å². The first kappa shape index (κ1) is 12.0. The van der Waals surface area contributed by atoms with Crippen molar-refractivity contribution < 1.29 is 22.6 Å². The van der Waals surface area contributed by atoms with Crippen LogP contribution in [-0.4, -0.2) is 10.2 Å². The number of rotatable bonds is 0. The highest BCUT2D eigenvalue weighted by atomic mass is 35.5. The van der Waals surface area contributed by atoms with E-state index in [1.54, 1.807) is 0 Å². The Morgan fingerprint density at radius 2 is 1.84 bits per heavy atom. The Kier molecular flexibility index (Phi) is 2.53. The van der Waals surface area contributed by atoms with Gasteiger partial charge in [0.25, 0.3) is 0 Å². The predicted octanol–water partition coefficient (Wildman–Crippen LogP) is 4.05. The molecule has 0 fully saturated rings. The number of hydrogen-bond acceptors (Lipinski definition) is 4. The van der Waals surface area contributed by atoms with Gasteiger partial charge in [-0.2, -0.15) is 18.3 Å². The zero-order valence-corrected chi connectivity index (χ0v) is 9.79. The van der Waals surface area contributed by atoms with Gasteiger partial charge in [0.05, 0.1) is 11.8 Å². The fraction of sp³-hybridized carbons (Fsp3) is 0.0909. The van der Waals surface area contributed by atoms with Crippen LogP contribution in [0.1, 0.15) is 5.56 Å². The Bertz CT molecular complexity index is 661. The van der Waals surface area contributed by atoms with E-state index in [1.807, 2.05) is 0 Å². The number of alkyl halides is 3. The molecule has 0 amide bonds. The second-order valence-corrected chi connectivity index (χ2v) is 4.05. The molecule has 1 aliphatic rings. The summed E-state index contributed by atoms with van der Waals surface area (Å²) in [6, 6.07) is 2.92. The van der Waals surface area contributed by atoms with Crippen LogP contribution in [0.15, 0.2) is 24.4 Å². The van der Waals surface area contributed by atoms with Gasteiger partial charge in [-0.05, 0) is 18.2 Å². The molecule has 0 saturated heterocycles. The molecule has 0 aliphatic carbocycles. The summed E-state index contributed by atoms with van der Waals surface area (Å²) >= 11 is 5.74. The second-order valence-electron chi connectivity index (χ2n) is 3.69. The Balaban J connectivity index is 2.06. The third-order valence-corrected chi connectivity index (χ3v) is 2.68. The molecule has 4 nitrogen and oxygen atoms in total. The normalized spacial score (nSPS) is 13.1. The third-order valence-electron chi connectivity index (χ3n) is 2.43. The van der Waals surface area contributed by atoms with Gasteiger partial charge in [-0.25, -0.2) is 0 Å². The number of ether oxygens (including phenoxy) is 2. The Morgan fingerprint density at radius 3 is 2.58 bits per heavy atom. The van der Waals surface area contributed by atoms with Crippen LogP contribution in [0.4, 0.5) is 13.2 Å². The first-order chi connectivity index (χ1) is 8.95. The lowest BCUT2D eigenvalue weighted by molar-refractivity contribution is -0.137. The summed E-state index contributed by atoms with van der Waals surface area (Å²) in [7, 11) is 0. The number of halogens is 4. The van der Waals surface area contributed by atoms with E-state index in [0.29, 0.717) is 0 Å². The fourth-order valence-electron chi connectivity index (χ4n) is 1.58. The fourth-order valence-corrected chi connectivity index (χ4v) is 1.76. The van der Waals surface area contributed by atoms with Crippen LogP contribution in [-0.2, 0) is 6.18 Å². The Hall–Kier alpha value is -2.02. The molecule has 0 N–H and O–H groups in total. The minimum atomic E-state index is -4.46. The second kappa shape index (κ2) is 3.99. The molecule has 1 aromatic carbocycles. The first-order valence-corrected chi connectivity index (χ1v) is 5.41. The van der Waals surface area contributed by atoms with Crippen LogP contribution in [0.25, 0.3) is 0 Å². The molecular formula is C11H4ClF3N2O2. The molecule has 0 radical (unpaired) electrons. The van der Waals surface area contributed by atoms with E-state index in [2.05, 4.69) is 10.2 Å². The summed E-state index contributed by atoms with van der Waals surface area (Å²) in [5.41, 5.74) is -0.837. The Morgan fingerprint density at radius 1 is 1.05 bits per heavy atom. The van der Waals surface area contributed by atoms with Crippen molar-refractivity contribution in [2.24, 2.45) is 0 Å². The van der Waals surface area contributed by atoms with Gasteiger partial charge >= 0.3 is 6.18 Å². The molecule has 8 heteroatoms. The molecule has 0 atom stereocenters. The molecule has 3 rings (SSSR count). The van der Waals surface area contributed by atoms with Crippen LogP contribution in [0, 0.1) is 0 Å². The largest absolute Gasteiger partial charge is 0.448 e. The predicted molar refractivity (Wildman–Crippen MR) is 58.6 cm³/mol. The lowest BCUT2D eigenvalue weighted by Gasteiger charge is -2.21. The van der Waals surface area contributed by atoms with Crippen molar-refractivity contribution in [2.45, 2.75) is 6.18 Å². The van der Waals surface area contributed by atoms with Crippen LogP contribution in [0.2, 0.25) is 5.15 Å². The summed E-state index contributed by atoms with van der Waals surface area (Å²) in [4.78, 5) is 0. The van der Waals surface area contributed by atoms with Crippen LogP contribution >= 0.6 is 11.6 Å². The minimum Gasteiger partial charge on any atom is -0.448 e. The molecule has 0 saturated carbocycles. The zero-order valence-electron chi connectivity index (χ0n) is 9.03. The number of nitrogens with zero attached hydrogens (tertiary/aromatic N) is 2. The maximum absolute atomic E-state index is 12.6. The van der Waals surface area contributed by atoms with E-state index in [1.165, 1.54) is 12.3 Å². The van der Waals surface area contributed by atoms with Crippen molar-refractivity contribution in [3.05, 3.63) is 35.1 Å². The SMILES string of the molecule is FC(F)(F)c1ccc2c(c1)Oc1c(cnnc1Cl)O2. The molecule has 0 spiro atoms. The zero-order chi connectivity index (χ0) is 13.6. The monoisotopic (exact) mass is 288 g/mol. The summed E-state index contributed by atoms with van der Waals surface area (Å²) in [6.07, 6.45) is -3.19. The number of hydrogen-bond donors (Lipinski definition) is 0.